The molecule has 0 heterocycles. The minimum atomic E-state index is -4.64. The summed E-state index contributed by atoms with van der Waals surface area (Å²) in [6, 6.07) is 0. The zero-order chi connectivity index (χ0) is 13.9. The molecule has 0 bridgehead atoms. The summed E-state index contributed by atoms with van der Waals surface area (Å²) in [6.45, 7) is 9.32. The highest BCUT2D eigenvalue weighted by Crippen LogP contribution is 2.35. The smallest absolute Gasteiger partial charge is 0.303 e. The van der Waals surface area contributed by atoms with E-state index in [9.17, 15) is 0 Å². The van der Waals surface area contributed by atoms with Crippen molar-refractivity contribution in [1.29, 1.82) is 0 Å². The number of phosphoric acid groups is 1. The Labute approximate surface area is 106 Å². The van der Waals surface area contributed by atoms with Gasteiger partial charge in [-0.15, -0.1) is 0 Å². The molecule has 0 radical (unpaired) electrons. The topological polar surface area (TPSA) is 77.8 Å². The first-order chi connectivity index (χ1) is 7.74. The summed E-state index contributed by atoms with van der Waals surface area (Å²) in [4.78, 5) is 21.6. The monoisotopic (exact) mass is 268 g/mol. The molecule has 0 atom stereocenters. The first-order valence-corrected chi connectivity index (χ1v) is 8.09. The van der Waals surface area contributed by atoms with E-state index in [0.29, 0.717) is 5.41 Å². The summed E-state index contributed by atoms with van der Waals surface area (Å²) < 4.78 is 8.88. The van der Waals surface area contributed by atoms with Crippen LogP contribution in [-0.4, -0.2) is 14.7 Å². The third-order valence-corrected chi connectivity index (χ3v) is 3.56. The summed E-state index contributed by atoms with van der Waals surface area (Å²) in [7, 11) is -4.64. The lowest BCUT2D eigenvalue weighted by molar-refractivity contribution is 0.220. The van der Waals surface area contributed by atoms with Crippen LogP contribution in [0.5, 0.6) is 0 Å². The Bertz CT molecular complexity index is 192. The van der Waals surface area contributed by atoms with Crippen LogP contribution in [0.3, 0.4) is 0 Å². The maximum atomic E-state index is 8.88. The highest BCUT2D eigenvalue weighted by atomic mass is 31.2. The molecular formula is C12H29O4P. The van der Waals surface area contributed by atoms with Crippen molar-refractivity contribution in [3.63, 3.8) is 0 Å². The molecule has 5 heteroatoms. The predicted octanol–water partition coefficient (Wildman–Crippen LogP) is 3.85. The molecule has 0 unspecified atom stereocenters. The summed E-state index contributed by atoms with van der Waals surface area (Å²) in [5.41, 5.74) is 0.676. The molecule has 4 nitrogen and oxygen atoms in total. The molecule has 0 aromatic rings. The van der Waals surface area contributed by atoms with E-state index in [1.54, 1.807) is 0 Å². The molecule has 0 saturated carbocycles. The van der Waals surface area contributed by atoms with Crippen LogP contribution in [0.4, 0.5) is 0 Å². The largest absolute Gasteiger partial charge is 0.466 e. The van der Waals surface area contributed by atoms with Crippen LogP contribution in [0.1, 0.15) is 72.6 Å². The Balaban J connectivity index is 0. The van der Waals surface area contributed by atoms with E-state index in [1.165, 1.54) is 44.9 Å². The van der Waals surface area contributed by atoms with Crippen molar-refractivity contribution in [3.05, 3.63) is 0 Å². The van der Waals surface area contributed by atoms with E-state index in [0.717, 1.165) is 0 Å². The number of unbranched alkanes of at least 4 members (excludes halogenated alkanes) is 2. The highest BCUT2D eigenvalue weighted by molar-refractivity contribution is 7.45. The van der Waals surface area contributed by atoms with Gasteiger partial charge in [0.2, 0.25) is 0 Å². The molecule has 0 aromatic heterocycles. The number of hydrogen-bond acceptors (Lipinski definition) is 1. The van der Waals surface area contributed by atoms with Gasteiger partial charge < -0.3 is 14.7 Å². The van der Waals surface area contributed by atoms with Gasteiger partial charge in [0.15, 0.2) is 0 Å². The molecule has 0 spiro atoms. The standard InChI is InChI=1S/C12H26.H3O4P/c1-5-9-10-11-12(6-2,7-3)8-4;1-5(2,3)4/h5-11H2,1-4H3;(H3,1,2,3,4). The molecule has 0 rings (SSSR count). The maximum absolute atomic E-state index is 8.88. The molecule has 0 aliphatic heterocycles. The average Bonchev–Trinajstić information content (AvgIpc) is 2.23. The Morgan fingerprint density at radius 2 is 1.24 bits per heavy atom. The Morgan fingerprint density at radius 3 is 1.47 bits per heavy atom. The van der Waals surface area contributed by atoms with Gasteiger partial charge in [0.05, 0.1) is 0 Å². The first kappa shape index (κ1) is 19.4. The summed E-state index contributed by atoms with van der Waals surface area (Å²) in [5, 5.41) is 0. The lowest BCUT2D eigenvalue weighted by Crippen LogP contribution is -2.17. The fraction of sp³-hybridized carbons (Fsp3) is 1.00. The first-order valence-electron chi connectivity index (χ1n) is 6.53. The van der Waals surface area contributed by atoms with Gasteiger partial charge in [-0.05, 0) is 11.8 Å². The van der Waals surface area contributed by atoms with Crippen molar-refractivity contribution >= 4 is 7.82 Å². The fourth-order valence-corrected chi connectivity index (χ4v) is 2.03. The third kappa shape index (κ3) is 14.0. The third-order valence-electron chi connectivity index (χ3n) is 3.56. The predicted molar refractivity (Wildman–Crippen MR) is 71.7 cm³/mol. The minimum absolute atomic E-state index is 0.676. The van der Waals surface area contributed by atoms with Crippen molar-refractivity contribution in [2.45, 2.75) is 72.6 Å². The van der Waals surface area contributed by atoms with E-state index in [4.69, 9.17) is 19.2 Å². The highest BCUT2D eigenvalue weighted by Gasteiger charge is 2.22. The van der Waals surface area contributed by atoms with Crippen LogP contribution >= 0.6 is 7.82 Å². The summed E-state index contributed by atoms with van der Waals surface area (Å²) in [6.07, 6.45) is 9.75. The maximum Gasteiger partial charge on any atom is 0.466 e. The van der Waals surface area contributed by atoms with Crippen LogP contribution in [0, 0.1) is 5.41 Å². The van der Waals surface area contributed by atoms with Gasteiger partial charge >= 0.3 is 7.82 Å². The van der Waals surface area contributed by atoms with Gasteiger partial charge in [-0.2, -0.15) is 0 Å². The van der Waals surface area contributed by atoms with Crippen LogP contribution in [0.15, 0.2) is 0 Å². The van der Waals surface area contributed by atoms with Crippen molar-refractivity contribution in [2.75, 3.05) is 0 Å². The molecule has 0 saturated heterocycles. The molecule has 0 aliphatic rings. The molecule has 0 fully saturated rings. The van der Waals surface area contributed by atoms with E-state index in [-0.39, 0.29) is 0 Å². The van der Waals surface area contributed by atoms with E-state index in [2.05, 4.69) is 27.7 Å². The van der Waals surface area contributed by atoms with Crippen LogP contribution in [0.2, 0.25) is 0 Å². The lowest BCUT2D eigenvalue weighted by atomic mass is 9.76. The van der Waals surface area contributed by atoms with Crippen LogP contribution < -0.4 is 0 Å². The quantitative estimate of drug-likeness (QED) is 0.484. The second kappa shape index (κ2) is 10.1. The van der Waals surface area contributed by atoms with E-state index < -0.39 is 7.82 Å². The molecule has 17 heavy (non-hydrogen) atoms. The van der Waals surface area contributed by atoms with Crippen molar-refractivity contribution in [2.24, 2.45) is 5.41 Å². The lowest BCUT2D eigenvalue weighted by Gasteiger charge is -2.30. The molecule has 3 N–H and O–H groups in total. The SMILES string of the molecule is CCCCCC(CC)(CC)CC.O=P(O)(O)O. The Hall–Kier alpha value is 0.110. The summed E-state index contributed by atoms with van der Waals surface area (Å²) in [5.74, 6) is 0. The Kier molecular flexibility index (Phi) is 11.5. The van der Waals surface area contributed by atoms with Crippen LogP contribution in [-0.2, 0) is 4.57 Å². The van der Waals surface area contributed by atoms with Gasteiger partial charge in [-0.1, -0.05) is 66.2 Å². The van der Waals surface area contributed by atoms with Gasteiger partial charge in [0.1, 0.15) is 0 Å². The second-order valence-electron chi connectivity index (χ2n) is 4.53. The van der Waals surface area contributed by atoms with Crippen molar-refractivity contribution in [1.82, 2.24) is 0 Å². The Morgan fingerprint density at radius 1 is 0.882 bits per heavy atom. The normalized spacial score (nSPS) is 11.9. The van der Waals surface area contributed by atoms with Gasteiger partial charge in [0, 0.05) is 0 Å². The minimum Gasteiger partial charge on any atom is -0.303 e. The molecule has 0 aliphatic carbocycles. The van der Waals surface area contributed by atoms with Gasteiger partial charge in [-0.3, -0.25) is 0 Å². The van der Waals surface area contributed by atoms with Gasteiger partial charge in [0.25, 0.3) is 0 Å². The fourth-order valence-electron chi connectivity index (χ4n) is 2.03. The molecule has 0 aromatic carbocycles. The number of rotatable bonds is 7. The van der Waals surface area contributed by atoms with Crippen molar-refractivity contribution < 1.29 is 19.2 Å². The van der Waals surface area contributed by atoms with Gasteiger partial charge in [-0.25, -0.2) is 4.57 Å². The summed E-state index contributed by atoms with van der Waals surface area (Å²) >= 11 is 0. The molecular weight excluding hydrogens is 239 g/mol. The van der Waals surface area contributed by atoms with E-state index >= 15 is 0 Å². The number of hydrogen-bond donors (Lipinski definition) is 3. The zero-order valence-corrected chi connectivity index (χ0v) is 12.5. The van der Waals surface area contributed by atoms with Crippen molar-refractivity contribution in [3.8, 4) is 0 Å². The second-order valence-corrected chi connectivity index (χ2v) is 5.56. The zero-order valence-electron chi connectivity index (χ0n) is 11.6. The molecule has 0 amide bonds. The van der Waals surface area contributed by atoms with Crippen LogP contribution in [0.25, 0.3) is 0 Å². The molecule has 106 valence electrons. The van der Waals surface area contributed by atoms with E-state index in [1.807, 2.05) is 0 Å². The average molecular weight is 268 g/mol.